The lowest BCUT2D eigenvalue weighted by molar-refractivity contribution is -0.125. The summed E-state index contributed by atoms with van der Waals surface area (Å²) < 4.78 is 4.51. The van der Waals surface area contributed by atoms with E-state index < -0.39 is 17.7 Å². The first-order valence-corrected chi connectivity index (χ1v) is 8.08. The number of carbonyl (C=O) groups excluding carboxylic acids is 2. The van der Waals surface area contributed by atoms with Crippen LogP contribution in [-0.2, 0) is 17.6 Å². The molecule has 2 aliphatic rings. The maximum Gasteiger partial charge on any atom is 0.512 e. The van der Waals surface area contributed by atoms with Crippen LogP contribution in [0.1, 0.15) is 11.1 Å². The first-order chi connectivity index (χ1) is 12.9. The second-order valence-corrected chi connectivity index (χ2v) is 6.42. The van der Waals surface area contributed by atoms with E-state index in [4.69, 9.17) is 5.11 Å². The van der Waals surface area contributed by atoms with E-state index in [0.717, 1.165) is 11.1 Å². The zero-order valence-electron chi connectivity index (χ0n) is 14.2. The highest BCUT2D eigenvalue weighted by atomic mass is 16.7. The first-order valence-electron chi connectivity index (χ1n) is 8.08. The van der Waals surface area contributed by atoms with Crippen molar-refractivity contribution in [3.8, 4) is 5.88 Å². The van der Waals surface area contributed by atoms with Crippen molar-refractivity contribution in [2.24, 2.45) is 0 Å². The number of aromatic nitrogens is 2. The maximum atomic E-state index is 12.3. The van der Waals surface area contributed by atoms with Crippen LogP contribution >= 0.6 is 0 Å². The molecule has 0 bridgehead atoms. The maximum absolute atomic E-state index is 12.3. The van der Waals surface area contributed by atoms with E-state index in [0.29, 0.717) is 24.3 Å². The van der Waals surface area contributed by atoms with E-state index in [1.54, 1.807) is 7.05 Å². The van der Waals surface area contributed by atoms with E-state index in [2.05, 4.69) is 25.3 Å². The molecular formula is C17H15N5O5. The molecule has 1 saturated heterocycles. The number of carboxylic acid groups (broad SMARTS) is 1. The van der Waals surface area contributed by atoms with Crippen LogP contribution in [-0.4, -0.2) is 50.7 Å². The number of ether oxygens (including phenoxy) is 1. The van der Waals surface area contributed by atoms with Crippen molar-refractivity contribution < 1.29 is 24.2 Å². The zero-order valence-corrected chi connectivity index (χ0v) is 14.2. The molecule has 3 N–H and O–H groups in total. The van der Waals surface area contributed by atoms with E-state index in [9.17, 15) is 14.4 Å². The molecule has 10 nitrogen and oxygen atoms in total. The Morgan fingerprint density at radius 1 is 1.26 bits per heavy atom. The SMILES string of the molecule is CN1C(=O)NC(=O)C12Cc1ccc(Nc3cc(OC(=O)O)ncn3)cc1C2. The lowest BCUT2D eigenvalue weighted by Crippen LogP contribution is -2.48. The van der Waals surface area contributed by atoms with Gasteiger partial charge in [0.05, 0.1) is 0 Å². The molecule has 1 unspecified atom stereocenters. The van der Waals surface area contributed by atoms with Gasteiger partial charge in [0, 0.05) is 31.6 Å². The van der Waals surface area contributed by atoms with Crippen LogP contribution < -0.4 is 15.4 Å². The quantitative estimate of drug-likeness (QED) is 0.544. The highest BCUT2D eigenvalue weighted by molar-refractivity contribution is 6.07. The highest BCUT2D eigenvalue weighted by Gasteiger charge is 2.54. The van der Waals surface area contributed by atoms with Gasteiger partial charge in [-0.2, -0.15) is 0 Å². The monoisotopic (exact) mass is 369 g/mol. The predicted molar refractivity (Wildman–Crippen MR) is 91.9 cm³/mol. The average molecular weight is 369 g/mol. The molecule has 0 saturated carbocycles. The fourth-order valence-electron chi connectivity index (χ4n) is 3.48. The summed E-state index contributed by atoms with van der Waals surface area (Å²) in [6.45, 7) is 0. The number of urea groups is 1. The summed E-state index contributed by atoms with van der Waals surface area (Å²) in [6, 6.07) is 6.57. The Labute approximate surface area is 153 Å². The molecule has 2 heterocycles. The van der Waals surface area contributed by atoms with Crippen molar-refractivity contribution >= 4 is 29.6 Å². The van der Waals surface area contributed by atoms with Gasteiger partial charge < -0.3 is 20.1 Å². The number of hydrogen-bond acceptors (Lipinski definition) is 7. The number of hydrogen-bond donors (Lipinski definition) is 3. The number of rotatable bonds is 3. The van der Waals surface area contributed by atoms with Crippen molar-refractivity contribution in [1.82, 2.24) is 20.2 Å². The van der Waals surface area contributed by atoms with Crippen molar-refractivity contribution in [2.45, 2.75) is 18.4 Å². The van der Waals surface area contributed by atoms with E-state index in [1.165, 1.54) is 17.3 Å². The van der Waals surface area contributed by atoms with E-state index in [-0.39, 0.29) is 11.8 Å². The van der Waals surface area contributed by atoms with Crippen molar-refractivity contribution in [3.63, 3.8) is 0 Å². The summed E-state index contributed by atoms with van der Waals surface area (Å²) in [5.74, 6) is -0.0188. The minimum absolute atomic E-state index is 0.0946. The van der Waals surface area contributed by atoms with Crippen molar-refractivity contribution in [2.75, 3.05) is 12.4 Å². The third kappa shape index (κ3) is 2.80. The van der Waals surface area contributed by atoms with Gasteiger partial charge in [-0.1, -0.05) is 6.07 Å². The number of amides is 3. The van der Waals surface area contributed by atoms with Gasteiger partial charge in [-0.25, -0.2) is 19.6 Å². The number of anilines is 2. The zero-order chi connectivity index (χ0) is 19.2. The summed E-state index contributed by atoms with van der Waals surface area (Å²) in [5, 5.41) is 14.1. The molecule has 1 atom stereocenters. The number of benzene rings is 1. The van der Waals surface area contributed by atoms with Gasteiger partial charge in [-0.15, -0.1) is 0 Å². The lowest BCUT2D eigenvalue weighted by Gasteiger charge is -2.27. The molecule has 4 rings (SSSR count). The molecule has 10 heteroatoms. The van der Waals surface area contributed by atoms with Gasteiger partial charge in [0.1, 0.15) is 17.7 Å². The average Bonchev–Trinajstić information content (AvgIpc) is 3.08. The molecule has 2 aromatic rings. The Hall–Kier alpha value is -3.69. The molecule has 1 aromatic carbocycles. The Morgan fingerprint density at radius 3 is 2.74 bits per heavy atom. The minimum atomic E-state index is -1.46. The minimum Gasteiger partial charge on any atom is -0.449 e. The van der Waals surface area contributed by atoms with E-state index in [1.807, 2.05) is 18.2 Å². The number of nitrogens with zero attached hydrogens (tertiary/aromatic N) is 3. The van der Waals surface area contributed by atoms with E-state index >= 15 is 0 Å². The Morgan fingerprint density at radius 2 is 2.04 bits per heavy atom. The normalized spacial score (nSPS) is 20.6. The highest BCUT2D eigenvalue weighted by Crippen LogP contribution is 2.38. The molecule has 1 spiro atoms. The van der Waals surface area contributed by atoms with Gasteiger partial charge in [-0.05, 0) is 23.3 Å². The third-order valence-corrected chi connectivity index (χ3v) is 4.87. The Bertz CT molecular complexity index is 978. The number of imide groups is 1. The fourth-order valence-corrected chi connectivity index (χ4v) is 3.48. The van der Waals surface area contributed by atoms with Crippen LogP contribution in [0.2, 0.25) is 0 Å². The Balaban J connectivity index is 1.56. The molecule has 138 valence electrons. The molecule has 1 aliphatic heterocycles. The third-order valence-electron chi connectivity index (χ3n) is 4.87. The number of likely N-dealkylation sites (N-methyl/N-ethyl adjacent to an activating group) is 1. The predicted octanol–water partition coefficient (Wildman–Crippen LogP) is 1.30. The van der Waals surface area contributed by atoms with Crippen LogP contribution in [0.5, 0.6) is 5.88 Å². The largest absolute Gasteiger partial charge is 0.512 e. The molecular weight excluding hydrogens is 354 g/mol. The van der Waals surface area contributed by atoms with Crippen molar-refractivity contribution in [1.29, 1.82) is 0 Å². The summed E-state index contributed by atoms with van der Waals surface area (Å²) in [7, 11) is 1.62. The first kappa shape index (κ1) is 16.8. The summed E-state index contributed by atoms with van der Waals surface area (Å²) in [4.78, 5) is 44.0. The molecule has 1 aliphatic carbocycles. The number of carbonyl (C=O) groups is 3. The molecule has 3 amide bonds. The molecule has 27 heavy (non-hydrogen) atoms. The molecule has 1 aromatic heterocycles. The topological polar surface area (TPSA) is 134 Å². The smallest absolute Gasteiger partial charge is 0.449 e. The standard InChI is InChI=1S/C17H15N5O5/c1-22-15(24)21-14(23)17(22)6-9-2-3-11(4-10(9)7-17)20-12-5-13(19-8-18-12)27-16(25)26/h2-5,8H,6-7H2,1H3,(H,25,26)(H,18,19,20)(H,21,23,24). The van der Waals surface area contributed by atoms with Crippen LogP contribution in [0.3, 0.4) is 0 Å². The fraction of sp³-hybridized carbons (Fsp3) is 0.235. The van der Waals surface area contributed by atoms with Crippen LogP contribution in [0.25, 0.3) is 0 Å². The van der Waals surface area contributed by atoms with Crippen LogP contribution in [0, 0.1) is 0 Å². The molecule has 1 fully saturated rings. The summed E-state index contributed by atoms with van der Waals surface area (Å²) in [5.41, 5.74) is 1.77. The van der Waals surface area contributed by atoms with Gasteiger partial charge in [-0.3, -0.25) is 10.1 Å². The number of nitrogens with one attached hydrogen (secondary N) is 2. The van der Waals surface area contributed by atoms with Gasteiger partial charge in [0.25, 0.3) is 5.91 Å². The summed E-state index contributed by atoms with van der Waals surface area (Å²) >= 11 is 0. The number of fused-ring (bicyclic) bond motifs is 1. The van der Waals surface area contributed by atoms with Crippen LogP contribution in [0.15, 0.2) is 30.6 Å². The second kappa shape index (κ2) is 5.94. The van der Waals surface area contributed by atoms with Crippen molar-refractivity contribution in [3.05, 3.63) is 41.7 Å². The van der Waals surface area contributed by atoms with Gasteiger partial charge in [0.2, 0.25) is 5.88 Å². The van der Waals surface area contributed by atoms with Gasteiger partial charge in [0.15, 0.2) is 0 Å². The Kier molecular flexibility index (Phi) is 3.69. The molecule has 0 radical (unpaired) electrons. The van der Waals surface area contributed by atoms with Crippen LogP contribution in [0.4, 0.5) is 21.1 Å². The second-order valence-electron chi connectivity index (χ2n) is 6.42. The van der Waals surface area contributed by atoms with Gasteiger partial charge >= 0.3 is 12.2 Å². The lowest BCUT2D eigenvalue weighted by atomic mass is 9.95. The summed E-state index contributed by atoms with van der Waals surface area (Å²) in [6.07, 6.45) is 0.604.